The summed E-state index contributed by atoms with van der Waals surface area (Å²) in [4.78, 5) is 24.5. The minimum Gasteiger partial charge on any atom is -0.468 e. The zero-order chi connectivity index (χ0) is 15.8. The highest BCUT2D eigenvalue weighted by Gasteiger charge is 2.56. The minimum absolute atomic E-state index is 0.136. The Balaban J connectivity index is 2.50. The average Bonchev–Trinajstić information content (AvgIpc) is 2.85. The molecule has 21 heavy (non-hydrogen) atoms. The second kappa shape index (κ2) is 5.66. The molecular formula is C17H24O4. The first kappa shape index (κ1) is 15.8. The Kier molecular flexibility index (Phi) is 4.26. The molecule has 0 radical (unpaired) electrons. The van der Waals surface area contributed by atoms with Gasteiger partial charge in [-0.15, -0.1) is 0 Å². The molecule has 1 saturated carbocycles. The van der Waals surface area contributed by atoms with Gasteiger partial charge in [-0.25, -0.2) is 0 Å². The van der Waals surface area contributed by atoms with Crippen LogP contribution in [0.3, 0.4) is 0 Å². The molecule has 0 aromatic heterocycles. The van der Waals surface area contributed by atoms with Gasteiger partial charge in [0, 0.05) is 0 Å². The monoisotopic (exact) mass is 292 g/mol. The maximum absolute atomic E-state index is 12.3. The van der Waals surface area contributed by atoms with Crippen LogP contribution in [-0.4, -0.2) is 26.2 Å². The number of ether oxygens (including phenoxy) is 2. The molecule has 0 aromatic rings. The van der Waals surface area contributed by atoms with Gasteiger partial charge < -0.3 is 9.47 Å². The van der Waals surface area contributed by atoms with Gasteiger partial charge in [-0.05, 0) is 30.6 Å². The van der Waals surface area contributed by atoms with Crippen LogP contribution in [0, 0.1) is 23.2 Å². The molecule has 4 nitrogen and oxygen atoms in total. The van der Waals surface area contributed by atoms with E-state index in [1.165, 1.54) is 25.4 Å². The summed E-state index contributed by atoms with van der Waals surface area (Å²) < 4.78 is 9.81. The molecule has 0 unspecified atom stereocenters. The maximum Gasteiger partial charge on any atom is 0.323 e. The number of esters is 2. The molecule has 0 aliphatic heterocycles. The molecule has 0 saturated heterocycles. The summed E-state index contributed by atoms with van der Waals surface area (Å²) in [7, 11) is 2.65. The third kappa shape index (κ3) is 2.41. The summed E-state index contributed by atoms with van der Waals surface area (Å²) in [5.74, 6) is -0.0893. The number of rotatable bonds is 3. The zero-order valence-corrected chi connectivity index (χ0v) is 13.4. The summed E-state index contributed by atoms with van der Waals surface area (Å²) in [5.41, 5.74) is 1.38. The van der Waals surface area contributed by atoms with Crippen molar-refractivity contribution >= 4 is 11.9 Å². The molecule has 0 amide bonds. The Morgan fingerprint density at radius 1 is 1.19 bits per heavy atom. The number of hydrogen-bond donors (Lipinski definition) is 0. The lowest BCUT2D eigenvalue weighted by Crippen LogP contribution is -2.39. The fraction of sp³-hybridized carbons (Fsp3) is 0.647. The van der Waals surface area contributed by atoms with Gasteiger partial charge in [0.15, 0.2) is 5.41 Å². The first-order valence-electron chi connectivity index (χ1n) is 7.45. The van der Waals surface area contributed by atoms with Crippen LogP contribution in [0.1, 0.15) is 33.6 Å². The van der Waals surface area contributed by atoms with Gasteiger partial charge in [0.05, 0.1) is 14.2 Å². The largest absolute Gasteiger partial charge is 0.468 e. The van der Waals surface area contributed by atoms with E-state index >= 15 is 0 Å². The van der Waals surface area contributed by atoms with Crippen molar-refractivity contribution in [3.63, 3.8) is 0 Å². The van der Waals surface area contributed by atoms with Crippen LogP contribution >= 0.6 is 0 Å². The summed E-state index contributed by atoms with van der Waals surface area (Å²) in [5, 5.41) is 0. The smallest absolute Gasteiger partial charge is 0.323 e. The van der Waals surface area contributed by atoms with Crippen LogP contribution in [0.5, 0.6) is 0 Å². The third-order valence-electron chi connectivity index (χ3n) is 4.78. The Morgan fingerprint density at radius 3 is 2.24 bits per heavy atom. The minimum atomic E-state index is -1.18. The molecule has 2 aliphatic rings. The predicted octanol–water partition coefficient (Wildman–Crippen LogP) is 2.89. The van der Waals surface area contributed by atoms with Gasteiger partial charge in [0.25, 0.3) is 0 Å². The first-order chi connectivity index (χ1) is 9.87. The fourth-order valence-electron chi connectivity index (χ4n) is 3.91. The van der Waals surface area contributed by atoms with Gasteiger partial charge in [0.1, 0.15) is 0 Å². The Hall–Kier alpha value is -1.58. The number of fused-ring (bicyclic) bond motifs is 1. The molecule has 0 bridgehead atoms. The summed E-state index contributed by atoms with van der Waals surface area (Å²) in [6, 6.07) is 0. The van der Waals surface area contributed by atoms with E-state index in [2.05, 4.69) is 32.9 Å². The maximum atomic E-state index is 12.3. The van der Waals surface area contributed by atoms with Gasteiger partial charge in [0.2, 0.25) is 0 Å². The van der Waals surface area contributed by atoms with E-state index in [0.29, 0.717) is 24.7 Å². The molecule has 0 heterocycles. The van der Waals surface area contributed by atoms with Crippen LogP contribution in [0.2, 0.25) is 0 Å². The molecule has 1 fully saturated rings. The molecule has 0 spiro atoms. The number of carbonyl (C=O) groups is 2. The summed E-state index contributed by atoms with van der Waals surface area (Å²) in [6.07, 6.45) is 5.16. The Labute approximate surface area is 126 Å². The predicted molar refractivity (Wildman–Crippen MR) is 79.4 cm³/mol. The first-order valence-corrected chi connectivity index (χ1v) is 7.45. The fourth-order valence-corrected chi connectivity index (χ4v) is 3.91. The molecule has 0 aromatic carbocycles. The second-order valence-electron chi connectivity index (χ2n) is 6.36. The molecule has 2 aliphatic carbocycles. The highest BCUT2D eigenvalue weighted by Crippen LogP contribution is 2.52. The van der Waals surface area contributed by atoms with Crippen molar-refractivity contribution in [3.05, 3.63) is 23.3 Å². The Morgan fingerprint density at radius 2 is 1.76 bits per heavy atom. The lowest BCUT2D eigenvalue weighted by Gasteiger charge is -2.26. The van der Waals surface area contributed by atoms with Crippen molar-refractivity contribution < 1.29 is 19.1 Å². The van der Waals surface area contributed by atoms with E-state index in [1.54, 1.807) is 0 Å². The molecule has 0 N–H and O–H groups in total. The number of carbonyl (C=O) groups excluding carboxylic acids is 2. The number of allylic oxidation sites excluding steroid dienone is 4. The van der Waals surface area contributed by atoms with E-state index in [4.69, 9.17) is 9.47 Å². The van der Waals surface area contributed by atoms with Crippen LogP contribution in [0.25, 0.3) is 0 Å². The number of hydrogen-bond acceptors (Lipinski definition) is 4. The van der Waals surface area contributed by atoms with Crippen molar-refractivity contribution in [2.24, 2.45) is 23.2 Å². The van der Waals surface area contributed by atoms with Crippen LogP contribution < -0.4 is 0 Å². The van der Waals surface area contributed by atoms with E-state index in [9.17, 15) is 9.59 Å². The standard InChI is InChI=1S/C17H24O4/c1-10(2)14-11(3)6-7-12-8-17(9-13(12)14,15(18)20-4)16(19)21-5/h6-7,10-12H,8-9H2,1-5H3/t11-,12-/m0/s1. The van der Waals surface area contributed by atoms with Gasteiger partial charge in [-0.2, -0.15) is 0 Å². The van der Waals surface area contributed by atoms with Crippen LogP contribution in [-0.2, 0) is 19.1 Å². The molecule has 116 valence electrons. The molecule has 2 atom stereocenters. The average molecular weight is 292 g/mol. The van der Waals surface area contributed by atoms with Crippen LogP contribution in [0.4, 0.5) is 0 Å². The van der Waals surface area contributed by atoms with Crippen molar-refractivity contribution in [2.75, 3.05) is 14.2 Å². The van der Waals surface area contributed by atoms with E-state index in [-0.39, 0.29) is 5.92 Å². The summed E-state index contributed by atoms with van der Waals surface area (Å²) in [6.45, 7) is 6.47. The highest BCUT2D eigenvalue weighted by molar-refractivity contribution is 6.01. The van der Waals surface area contributed by atoms with Crippen molar-refractivity contribution in [1.82, 2.24) is 0 Å². The molecule has 4 heteroatoms. The van der Waals surface area contributed by atoms with E-state index < -0.39 is 17.4 Å². The Bertz CT molecular complexity index is 497. The van der Waals surface area contributed by atoms with Gasteiger partial charge >= 0.3 is 11.9 Å². The van der Waals surface area contributed by atoms with Crippen molar-refractivity contribution in [3.8, 4) is 0 Å². The van der Waals surface area contributed by atoms with E-state index in [1.807, 2.05) is 0 Å². The number of methoxy groups -OCH3 is 2. The topological polar surface area (TPSA) is 52.6 Å². The van der Waals surface area contributed by atoms with Crippen molar-refractivity contribution in [1.29, 1.82) is 0 Å². The molecular weight excluding hydrogens is 268 g/mol. The van der Waals surface area contributed by atoms with Gasteiger partial charge in [-0.3, -0.25) is 9.59 Å². The van der Waals surface area contributed by atoms with Crippen LogP contribution in [0.15, 0.2) is 23.3 Å². The molecule has 2 rings (SSSR count). The lowest BCUT2D eigenvalue weighted by atomic mass is 9.79. The third-order valence-corrected chi connectivity index (χ3v) is 4.78. The quantitative estimate of drug-likeness (QED) is 0.456. The van der Waals surface area contributed by atoms with E-state index in [0.717, 1.165) is 0 Å². The highest BCUT2D eigenvalue weighted by atomic mass is 16.5. The van der Waals surface area contributed by atoms with Crippen molar-refractivity contribution in [2.45, 2.75) is 33.6 Å². The zero-order valence-electron chi connectivity index (χ0n) is 13.4. The summed E-state index contributed by atoms with van der Waals surface area (Å²) >= 11 is 0. The van der Waals surface area contributed by atoms with Gasteiger partial charge in [-0.1, -0.05) is 44.1 Å². The lowest BCUT2D eigenvalue weighted by molar-refractivity contribution is -0.168. The normalized spacial score (nSPS) is 26.8. The second-order valence-corrected chi connectivity index (χ2v) is 6.36. The SMILES string of the molecule is COC(=O)C1(C(=O)OC)CC2=C(C(C)C)[C@@H](C)C=C[C@H]2C1.